The number of nitrogens with one attached hydrogen (secondary N) is 1. The van der Waals surface area contributed by atoms with Crippen molar-refractivity contribution in [3.05, 3.63) is 30.3 Å². The van der Waals surface area contributed by atoms with E-state index in [0.717, 1.165) is 18.5 Å². The molecule has 2 nitrogen and oxygen atoms in total. The van der Waals surface area contributed by atoms with Gasteiger partial charge in [0, 0.05) is 5.69 Å². The lowest BCUT2D eigenvalue weighted by Gasteiger charge is -2.25. The summed E-state index contributed by atoms with van der Waals surface area (Å²) in [5, 5.41) is 12.5. The van der Waals surface area contributed by atoms with Crippen molar-refractivity contribution in [2.75, 3.05) is 5.32 Å². The number of nitrogens with zero attached hydrogens (tertiary/aromatic N) is 1. The van der Waals surface area contributed by atoms with Crippen molar-refractivity contribution in [3.63, 3.8) is 0 Å². The molecular weight excluding hydrogens is 196 g/mol. The summed E-state index contributed by atoms with van der Waals surface area (Å²) in [7, 11) is 0. The standard InChI is InChI=1S/C14H20N2/c1-12(2)9-10-14(3,11-15)16-13-7-5-4-6-8-13/h4-8,12,16H,9-10H2,1-3H3. The highest BCUT2D eigenvalue weighted by molar-refractivity contribution is 5.46. The van der Waals surface area contributed by atoms with Crippen LogP contribution in [-0.2, 0) is 0 Å². The molecular formula is C14H20N2. The first kappa shape index (κ1) is 12.6. The predicted octanol–water partition coefficient (Wildman–Crippen LogP) is 3.82. The zero-order valence-corrected chi connectivity index (χ0v) is 10.3. The molecule has 0 aliphatic heterocycles. The van der Waals surface area contributed by atoms with E-state index in [-0.39, 0.29) is 0 Å². The monoisotopic (exact) mass is 216 g/mol. The van der Waals surface area contributed by atoms with Gasteiger partial charge in [0.05, 0.1) is 6.07 Å². The Bertz CT molecular complexity index is 351. The Kier molecular flexibility index (Phi) is 4.37. The van der Waals surface area contributed by atoms with E-state index in [9.17, 15) is 5.26 Å². The predicted molar refractivity (Wildman–Crippen MR) is 68.2 cm³/mol. The van der Waals surface area contributed by atoms with Crippen LogP contribution >= 0.6 is 0 Å². The molecule has 1 N–H and O–H groups in total. The van der Waals surface area contributed by atoms with Gasteiger partial charge in [-0.05, 0) is 37.8 Å². The van der Waals surface area contributed by atoms with Gasteiger partial charge in [0.2, 0.25) is 0 Å². The van der Waals surface area contributed by atoms with Crippen LogP contribution < -0.4 is 5.32 Å². The third kappa shape index (κ3) is 3.94. The molecule has 86 valence electrons. The van der Waals surface area contributed by atoms with Crippen molar-refractivity contribution in [1.82, 2.24) is 0 Å². The van der Waals surface area contributed by atoms with Crippen molar-refractivity contribution >= 4 is 5.69 Å². The molecule has 0 heterocycles. The maximum Gasteiger partial charge on any atom is 0.122 e. The van der Waals surface area contributed by atoms with Crippen LogP contribution in [0.2, 0.25) is 0 Å². The summed E-state index contributed by atoms with van der Waals surface area (Å²) in [5.74, 6) is 0.630. The molecule has 0 aliphatic carbocycles. The summed E-state index contributed by atoms with van der Waals surface area (Å²) < 4.78 is 0. The van der Waals surface area contributed by atoms with E-state index >= 15 is 0 Å². The molecule has 0 aliphatic rings. The number of anilines is 1. The summed E-state index contributed by atoms with van der Waals surface area (Å²) in [5.41, 5.74) is 0.543. The van der Waals surface area contributed by atoms with Gasteiger partial charge in [0.1, 0.15) is 5.54 Å². The van der Waals surface area contributed by atoms with Crippen LogP contribution in [0.15, 0.2) is 30.3 Å². The lowest BCUT2D eigenvalue weighted by molar-refractivity contribution is 0.479. The molecule has 2 heteroatoms. The Morgan fingerprint density at radius 3 is 2.44 bits per heavy atom. The van der Waals surface area contributed by atoms with E-state index in [1.807, 2.05) is 37.3 Å². The van der Waals surface area contributed by atoms with Gasteiger partial charge < -0.3 is 5.32 Å². The molecule has 0 fully saturated rings. The highest BCUT2D eigenvalue weighted by atomic mass is 15.0. The second-order valence-corrected chi connectivity index (χ2v) is 4.87. The number of nitriles is 1. The zero-order valence-electron chi connectivity index (χ0n) is 10.3. The van der Waals surface area contributed by atoms with Gasteiger partial charge in [-0.3, -0.25) is 0 Å². The van der Waals surface area contributed by atoms with Gasteiger partial charge in [0.25, 0.3) is 0 Å². The van der Waals surface area contributed by atoms with Gasteiger partial charge in [-0.2, -0.15) is 5.26 Å². The Labute approximate surface area is 98.3 Å². The van der Waals surface area contributed by atoms with E-state index in [1.54, 1.807) is 0 Å². The first-order valence-corrected chi connectivity index (χ1v) is 5.80. The molecule has 0 amide bonds. The van der Waals surface area contributed by atoms with Crippen LogP contribution in [-0.4, -0.2) is 5.54 Å². The fourth-order valence-corrected chi connectivity index (χ4v) is 1.56. The van der Waals surface area contributed by atoms with E-state index < -0.39 is 5.54 Å². The number of benzene rings is 1. The van der Waals surface area contributed by atoms with Crippen LogP contribution in [0.1, 0.15) is 33.6 Å². The van der Waals surface area contributed by atoms with Crippen LogP contribution in [0.3, 0.4) is 0 Å². The van der Waals surface area contributed by atoms with Gasteiger partial charge in [0.15, 0.2) is 0 Å². The number of para-hydroxylation sites is 1. The second kappa shape index (κ2) is 5.55. The van der Waals surface area contributed by atoms with Crippen LogP contribution in [0, 0.1) is 17.2 Å². The topological polar surface area (TPSA) is 35.8 Å². The Morgan fingerprint density at radius 1 is 1.31 bits per heavy atom. The minimum absolute atomic E-state index is 0.467. The lowest BCUT2D eigenvalue weighted by atomic mass is 9.93. The van der Waals surface area contributed by atoms with Gasteiger partial charge in [-0.25, -0.2) is 0 Å². The van der Waals surface area contributed by atoms with Crippen LogP contribution in [0.4, 0.5) is 5.69 Å². The zero-order chi connectivity index (χ0) is 12.0. The SMILES string of the molecule is CC(C)CCC(C)(C#N)Nc1ccccc1. The van der Waals surface area contributed by atoms with E-state index in [1.165, 1.54) is 0 Å². The summed E-state index contributed by atoms with van der Waals surface area (Å²) in [6.07, 6.45) is 1.93. The number of rotatable bonds is 5. The first-order chi connectivity index (χ1) is 7.56. The molecule has 0 saturated carbocycles. The molecule has 0 radical (unpaired) electrons. The highest BCUT2D eigenvalue weighted by Gasteiger charge is 2.23. The molecule has 1 unspecified atom stereocenters. The molecule has 16 heavy (non-hydrogen) atoms. The fraction of sp³-hybridized carbons (Fsp3) is 0.500. The van der Waals surface area contributed by atoms with Crippen molar-refractivity contribution in [1.29, 1.82) is 5.26 Å². The van der Waals surface area contributed by atoms with Crippen molar-refractivity contribution in [2.24, 2.45) is 5.92 Å². The normalized spacial score (nSPS) is 14.2. The summed E-state index contributed by atoms with van der Waals surface area (Å²) in [6, 6.07) is 12.3. The second-order valence-electron chi connectivity index (χ2n) is 4.87. The van der Waals surface area contributed by atoms with Gasteiger partial charge >= 0.3 is 0 Å². The smallest absolute Gasteiger partial charge is 0.122 e. The number of hydrogen-bond acceptors (Lipinski definition) is 2. The summed E-state index contributed by atoms with van der Waals surface area (Å²) in [6.45, 7) is 6.32. The molecule has 0 saturated heterocycles. The Hall–Kier alpha value is -1.49. The largest absolute Gasteiger partial charge is 0.368 e. The fourth-order valence-electron chi connectivity index (χ4n) is 1.56. The summed E-state index contributed by atoms with van der Waals surface area (Å²) in [4.78, 5) is 0. The molecule has 1 atom stereocenters. The molecule has 1 aromatic carbocycles. The van der Waals surface area contributed by atoms with Crippen LogP contribution in [0.25, 0.3) is 0 Å². The number of hydrogen-bond donors (Lipinski definition) is 1. The van der Waals surface area contributed by atoms with Crippen molar-refractivity contribution in [3.8, 4) is 6.07 Å². The lowest BCUT2D eigenvalue weighted by Crippen LogP contribution is -2.33. The first-order valence-electron chi connectivity index (χ1n) is 5.80. The van der Waals surface area contributed by atoms with Crippen molar-refractivity contribution in [2.45, 2.75) is 39.2 Å². The maximum absolute atomic E-state index is 9.25. The van der Waals surface area contributed by atoms with E-state index in [4.69, 9.17) is 0 Å². The Balaban J connectivity index is 2.64. The average molecular weight is 216 g/mol. The average Bonchev–Trinajstić information content (AvgIpc) is 2.28. The minimum atomic E-state index is -0.467. The minimum Gasteiger partial charge on any atom is -0.368 e. The highest BCUT2D eigenvalue weighted by Crippen LogP contribution is 2.21. The van der Waals surface area contributed by atoms with Crippen molar-refractivity contribution < 1.29 is 0 Å². The third-order valence-electron chi connectivity index (χ3n) is 2.66. The maximum atomic E-state index is 9.25. The molecule has 1 aromatic rings. The molecule has 0 bridgehead atoms. The van der Waals surface area contributed by atoms with Gasteiger partial charge in [-0.15, -0.1) is 0 Å². The van der Waals surface area contributed by atoms with Crippen LogP contribution in [0.5, 0.6) is 0 Å². The van der Waals surface area contributed by atoms with E-state index in [0.29, 0.717) is 5.92 Å². The van der Waals surface area contributed by atoms with Gasteiger partial charge in [-0.1, -0.05) is 32.0 Å². The Morgan fingerprint density at radius 2 is 1.94 bits per heavy atom. The third-order valence-corrected chi connectivity index (χ3v) is 2.66. The summed E-state index contributed by atoms with van der Waals surface area (Å²) >= 11 is 0. The quantitative estimate of drug-likeness (QED) is 0.812. The molecule has 0 spiro atoms. The van der Waals surface area contributed by atoms with E-state index in [2.05, 4.69) is 25.2 Å². The molecule has 0 aromatic heterocycles. The molecule has 1 rings (SSSR count).